The molecular weight excluding hydrogens is 360 g/mol. The third-order valence-electron chi connectivity index (χ3n) is 5.45. The van der Waals surface area contributed by atoms with Crippen molar-refractivity contribution in [2.75, 3.05) is 19.8 Å². The predicted molar refractivity (Wildman–Crippen MR) is 125 cm³/mol. The van der Waals surface area contributed by atoms with Crippen LogP contribution in [0.5, 0.6) is 0 Å². The van der Waals surface area contributed by atoms with Gasteiger partial charge in [0.15, 0.2) is 0 Å². The highest BCUT2D eigenvalue weighted by atomic mass is 16.6. The van der Waals surface area contributed by atoms with Gasteiger partial charge in [-0.05, 0) is 13.3 Å². The van der Waals surface area contributed by atoms with E-state index in [4.69, 9.17) is 9.47 Å². The zero-order valence-electron chi connectivity index (χ0n) is 19.8. The molecular formula is C26H50O3. The highest BCUT2D eigenvalue weighted by Gasteiger charge is 2.01. The summed E-state index contributed by atoms with van der Waals surface area (Å²) in [5.74, 6) is -0.332. The van der Waals surface area contributed by atoms with Crippen LogP contribution >= 0.6 is 0 Å². The first-order chi connectivity index (χ1) is 14.2. The summed E-state index contributed by atoms with van der Waals surface area (Å²) in [5.41, 5.74) is 0.438. The summed E-state index contributed by atoms with van der Waals surface area (Å²) in [6.45, 7) is 9.06. The minimum absolute atomic E-state index is 0.324. The Labute approximate surface area is 182 Å². The van der Waals surface area contributed by atoms with Crippen molar-refractivity contribution >= 4 is 5.97 Å². The lowest BCUT2D eigenvalue weighted by Crippen LogP contribution is -2.11. The monoisotopic (exact) mass is 410 g/mol. The van der Waals surface area contributed by atoms with Crippen LogP contribution in [0.2, 0.25) is 0 Å². The Morgan fingerprint density at radius 2 is 0.966 bits per heavy atom. The van der Waals surface area contributed by atoms with Crippen molar-refractivity contribution < 1.29 is 14.3 Å². The maximum Gasteiger partial charge on any atom is 0.333 e. The smallest absolute Gasteiger partial charge is 0.333 e. The summed E-state index contributed by atoms with van der Waals surface area (Å²) in [6, 6.07) is 0. The zero-order chi connectivity index (χ0) is 21.4. The van der Waals surface area contributed by atoms with Gasteiger partial charge in [0.1, 0.15) is 6.61 Å². The number of esters is 1. The van der Waals surface area contributed by atoms with Crippen LogP contribution in [0, 0.1) is 0 Å². The lowest BCUT2D eigenvalue weighted by atomic mass is 10.0. The van der Waals surface area contributed by atoms with E-state index in [-0.39, 0.29) is 5.97 Å². The molecule has 0 saturated heterocycles. The van der Waals surface area contributed by atoms with Crippen LogP contribution in [0.3, 0.4) is 0 Å². The number of unbranched alkanes of at least 4 members (excludes halogenated alkanes) is 17. The van der Waals surface area contributed by atoms with Gasteiger partial charge in [-0.1, -0.05) is 123 Å². The molecule has 0 spiro atoms. The van der Waals surface area contributed by atoms with Crippen LogP contribution in [0.1, 0.15) is 129 Å². The maximum atomic E-state index is 11.2. The van der Waals surface area contributed by atoms with E-state index in [1.807, 2.05) is 0 Å². The molecule has 0 aromatic carbocycles. The fourth-order valence-corrected chi connectivity index (χ4v) is 3.52. The minimum Gasteiger partial charge on any atom is -0.460 e. The SMILES string of the molecule is C=C(C)C(=O)OCCOCCCCCCCCCCCCCCCCCCCC. The van der Waals surface area contributed by atoms with E-state index in [9.17, 15) is 4.79 Å². The molecule has 0 amide bonds. The van der Waals surface area contributed by atoms with Gasteiger partial charge in [-0.3, -0.25) is 0 Å². The molecule has 0 aromatic heterocycles. The van der Waals surface area contributed by atoms with E-state index in [0.717, 1.165) is 13.0 Å². The van der Waals surface area contributed by atoms with Crippen LogP contribution in [0.4, 0.5) is 0 Å². The second-order valence-corrected chi connectivity index (χ2v) is 8.54. The van der Waals surface area contributed by atoms with Crippen LogP contribution in [-0.2, 0) is 14.3 Å². The third kappa shape index (κ3) is 23.3. The molecule has 0 rings (SSSR count). The zero-order valence-corrected chi connectivity index (χ0v) is 19.8. The average molecular weight is 411 g/mol. The number of hydrogen-bond donors (Lipinski definition) is 0. The second kappa shape index (κ2) is 23.4. The van der Waals surface area contributed by atoms with Crippen LogP contribution < -0.4 is 0 Å². The highest BCUT2D eigenvalue weighted by Crippen LogP contribution is 2.14. The van der Waals surface area contributed by atoms with E-state index < -0.39 is 0 Å². The van der Waals surface area contributed by atoms with Gasteiger partial charge in [-0.15, -0.1) is 0 Å². The van der Waals surface area contributed by atoms with Crippen molar-refractivity contribution in [1.82, 2.24) is 0 Å². The summed E-state index contributed by atoms with van der Waals surface area (Å²) >= 11 is 0. The number of ether oxygens (including phenoxy) is 2. The topological polar surface area (TPSA) is 35.5 Å². The lowest BCUT2D eigenvalue weighted by molar-refractivity contribution is -0.140. The van der Waals surface area contributed by atoms with Gasteiger partial charge in [-0.2, -0.15) is 0 Å². The largest absolute Gasteiger partial charge is 0.460 e. The first kappa shape index (κ1) is 28.2. The van der Waals surface area contributed by atoms with Gasteiger partial charge in [0.2, 0.25) is 0 Å². The summed E-state index contributed by atoms with van der Waals surface area (Å²) in [5, 5.41) is 0. The molecule has 0 radical (unpaired) electrons. The highest BCUT2D eigenvalue weighted by molar-refractivity contribution is 5.86. The van der Waals surface area contributed by atoms with Crippen LogP contribution in [0.15, 0.2) is 12.2 Å². The van der Waals surface area contributed by atoms with Crippen molar-refractivity contribution in [1.29, 1.82) is 0 Å². The molecule has 172 valence electrons. The minimum atomic E-state index is -0.332. The third-order valence-corrected chi connectivity index (χ3v) is 5.45. The molecule has 0 aliphatic rings. The summed E-state index contributed by atoms with van der Waals surface area (Å²) < 4.78 is 10.5. The Bertz CT molecular complexity index is 365. The Hall–Kier alpha value is -0.830. The fraction of sp³-hybridized carbons (Fsp3) is 0.885. The number of carbonyl (C=O) groups is 1. The first-order valence-corrected chi connectivity index (χ1v) is 12.6. The average Bonchev–Trinajstić information content (AvgIpc) is 2.71. The molecule has 0 aromatic rings. The van der Waals surface area contributed by atoms with E-state index in [1.165, 1.54) is 109 Å². The Morgan fingerprint density at radius 3 is 1.34 bits per heavy atom. The maximum absolute atomic E-state index is 11.2. The molecule has 3 heteroatoms. The number of rotatable bonds is 23. The van der Waals surface area contributed by atoms with Crippen LogP contribution in [0.25, 0.3) is 0 Å². The van der Waals surface area contributed by atoms with E-state index in [2.05, 4.69) is 13.5 Å². The van der Waals surface area contributed by atoms with Crippen molar-refractivity contribution in [2.24, 2.45) is 0 Å². The molecule has 0 saturated carbocycles. The Balaban J connectivity index is 3.05. The standard InChI is InChI=1S/C26H50O3/c1-4-5-6-7-8-9-10-11-12-13-14-15-16-17-18-19-20-21-22-28-23-24-29-26(27)25(2)3/h2,4-24H2,1,3H3. The molecule has 0 aliphatic carbocycles. The van der Waals surface area contributed by atoms with Gasteiger partial charge < -0.3 is 9.47 Å². The van der Waals surface area contributed by atoms with Crippen molar-refractivity contribution in [2.45, 2.75) is 129 Å². The van der Waals surface area contributed by atoms with Gasteiger partial charge in [0.05, 0.1) is 6.61 Å². The van der Waals surface area contributed by atoms with Crippen molar-refractivity contribution in [3.05, 3.63) is 12.2 Å². The van der Waals surface area contributed by atoms with Crippen molar-refractivity contribution in [3.63, 3.8) is 0 Å². The molecule has 3 nitrogen and oxygen atoms in total. The molecule has 0 fully saturated rings. The Morgan fingerprint density at radius 1 is 0.586 bits per heavy atom. The fourth-order valence-electron chi connectivity index (χ4n) is 3.52. The van der Waals surface area contributed by atoms with E-state index in [0.29, 0.717) is 18.8 Å². The van der Waals surface area contributed by atoms with Gasteiger partial charge in [0, 0.05) is 12.2 Å². The lowest BCUT2D eigenvalue weighted by Gasteiger charge is -2.06. The van der Waals surface area contributed by atoms with Crippen LogP contribution in [-0.4, -0.2) is 25.8 Å². The summed E-state index contributed by atoms with van der Waals surface area (Å²) in [4.78, 5) is 11.2. The van der Waals surface area contributed by atoms with E-state index >= 15 is 0 Å². The second-order valence-electron chi connectivity index (χ2n) is 8.54. The molecule has 0 N–H and O–H groups in total. The summed E-state index contributed by atoms with van der Waals surface area (Å²) in [6.07, 6.45) is 25.0. The quantitative estimate of drug-likeness (QED) is 0.0968. The molecule has 0 atom stereocenters. The number of hydrogen-bond acceptors (Lipinski definition) is 3. The van der Waals surface area contributed by atoms with Gasteiger partial charge >= 0.3 is 5.97 Å². The molecule has 0 heterocycles. The molecule has 0 aliphatic heterocycles. The van der Waals surface area contributed by atoms with Crippen molar-refractivity contribution in [3.8, 4) is 0 Å². The molecule has 0 unspecified atom stereocenters. The first-order valence-electron chi connectivity index (χ1n) is 12.6. The summed E-state index contributed by atoms with van der Waals surface area (Å²) in [7, 11) is 0. The molecule has 29 heavy (non-hydrogen) atoms. The number of carbonyl (C=O) groups excluding carboxylic acids is 1. The Kier molecular flexibility index (Phi) is 22.8. The van der Waals surface area contributed by atoms with Gasteiger partial charge in [-0.25, -0.2) is 4.79 Å². The predicted octanol–water partition coefficient (Wildman–Crippen LogP) is 8.16. The molecule has 0 bridgehead atoms. The van der Waals surface area contributed by atoms with E-state index in [1.54, 1.807) is 6.92 Å². The van der Waals surface area contributed by atoms with Gasteiger partial charge in [0.25, 0.3) is 0 Å². The normalized spacial score (nSPS) is 11.0.